The summed E-state index contributed by atoms with van der Waals surface area (Å²) in [5.74, 6) is 0.650. The van der Waals surface area contributed by atoms with E-state index >= 15 is 0 Å². The Morgan fingerprint density at radius 3 is 2.63 bits per heavy atom. The molecule has 0 spiro atoms. The number of esters is 1. The molecule has 0 saturated carbocycles. The molecular formula is C18H15N3O5S. The van der Waals surface area contributed by atoms with Crippen LogP contribution in [0.2, 0.25) is 0 Å². The molecule has 2 aromatic rings. The Labute approximate surface area is 158 Å². The van der Waals surface area contributed by atoms with Crippen molar-refractivity contribution in [3.63, 3.8) is 0 Å². The molecule has 0 atom stereocenters. The van der Waals surface area contributed by atoms with Crippen LogP contribution in [0.25, 0.3) is 10.2 Å². The van der Waals surface area contributed by atoms with Crippen LogP contribution in [0.4, 0.5) is 0 Å². The third-order valence-corrected chi connectivity index (χ3v) is 5.06. The Bertz CT molecular complexity index is 1060. The van der Waals surface area contributed by atoms with Gasteiger partial charge in [-0.2, -0.15) is 4.99 Å². The van der Waals surface area contributed by atoms with Crippen molar-refractivity contribution in [2.24, 2.45) is 4.99 Å². The second kappa shape index (κ2) is 7.55. The Morgan fingerprint density at radius 1 is 1.30 bits per heavy atom. The second-order valence-electron chi connectivity index (χ2n) is 5.73. The lowest BCUT2D eigenvalue weighted by atomic mass is 10.2. The summed E-state index contributed by atoms with van der Waals surface area (Å²) in [6, 6.07) is 4.93. The molecule has 0 unspecified atom stereocenters. The van der Waals surface area contributed by atoms with Crippen LogP contribution in [0.15, 0.2) is 23.2 Å². The third kappa shape index (κ3) is 3.66. The van der Waals surface area contributed by atoms with Crippen molar-refractivity contribution in [1.82, 2.24) is 9.47 Å². The molecule has 1 aliphatic heterocycles. The number of terminal acetylenes is 1. The van der Waals surface area contributed by atoms with Gasteiger partial charge in [0.25, 0.3) is 5.91 Å². The number of fused-ring (bicyclic) bond motifs is 1. The van der Waals surface area contributed by atoms with Gasteiger partial charge in [-0.1, -0.05) is 17.3 Å². The molecule has 0 bridgehead atoms. The zero-order valence-electron chi connectivity index (χ0n) is 14.4. The number of likely N-dealkylation sites (tertiary alicyclic amines) is 1. The van der Waals surface area contributed by atoms with Crippen LogP contribution < -0.4 is 4.80 Å². The molecule has 3 amide bonds. The summed E-state index contributed by atoms with van der Waals surface area (Å²) in [4.78, 5) is 52.5. The van der Waals surface area contributed by atoms with E-state index in [4.69, 9.17) is 11.2 Å². The lowest BCUT2D eigenvalue weighted by Gasteiger charge is -2.10. The number of rotatable bonds is 4. The summed E-state index contributed by atoms with van der Waals surface area (Å²) in [5, 5.41) is 0. The summed E-state index contributed by atoms with van der Waals surface area (Å²) in [6.07, 6.45) is 5.64. The molecule has 1 fully saturated rings. The number of methoxy groups -OCH3 is 1. The molecule has 3 rings (SSSR count). The van der Waals surface area contributed by atoms with Gasteiger partial charge in [0.2, 0.25) is 11.8 Å². The first-order valence-corrected chi connectivity index (χ1v) is 8.82. The van der Waals surface area contributed by atoms with Crippen LogP contribution in [0.5, 0.6) is 0 Å². The topological polar surface area (TPSA) is 98.0 Å². The number of imide groups is 1. The average molecular weight is 385 g/mol. The highest BCUT2D eigenvalue weighted by Gasteiger charge is 2.30. The van der Waals surface area contributed by atoms with Gasteiger partial charge in [-0.05, 0) is 18.2 Å². The number of benzene rings is 1. The van der Waals surface area contributed by atoms with Crippen molar-refractivity contribution in [2.45, 2.75) is 19.4 Å². The summed E-state index contributed by atoms with van der Waals surface area (Å²) < 4.78 is 7.07. The Balaban J connectivity index is 2.00. The van der Waals surface area contributed by atoms with Crippen molar-refractivity contribution in [1.29, 1.82) is 0 Å². The van der Waals surface area contributed by atoms with Crippen molar-refractivity contribution in [3.05, 3.63) is 28.6 Å². The standard InChI is InChI=1S/C18H15N3O5S/c1-3-8-20-12-5-4-11(17(25)26-2)9-13(12)27-18(20)19-14(22)10-21-15(23)6-7-16(21)24/h1,4-5,9H,6-8,10H2,2H3. The molecule has 8 nitrogen and oxygen atoms in total. The number of hydrogen-bond donors (Lipinski definition) is 0. The second-order valence-corrected chi connectivity index (χ2v) is 6.74. The zero-order valence-corrected chi connectivity index (χ0v) is 15.2. The number of nitrogens with zero attached hydrogens (tertiary/aromatic N) is 3. The van der Waals surface area contributed by atoms with Crippen LogP contribution in [0.1, 0.15) is 23.2 Å². The zero-order chi connectivity index (χ0) is 19.6. The van der Waals surface area contributed by atoms with Gasteiger partial charge in [-0.25, -0.2) is 4.79 Å². The van der Waals surface area contributed by atoms with Gasteiger partial charge >= 0.3 is 5.97 Å². The highest BCUT2D eigenvalue weighted by molar-refractivity contribution is 7.16. The van der Waals surface area contributed by atoms with E-state index in [1.165, 1.54) is 18.4 Å². The van der Waals surface area contributed by atoms with Crippen LogP contribution in [-0.2, 0) is 25.7 Å². The third-order valence-electron chi connectivity index (χ3n) is 4.02. The largest absolute Gasteiger partial charge is 0.465 e. The van der Waals surface area contributed by atoms with Gasteiger partial charge in [0, 0.05) is 12.8 Å². The van der Waals surface area contributed by atoms with Gasteiger partial charge in [-0.3, -0.25) is 19.3 Å². The molecule has 27 heavy (non-hydrogen) atoms. The predicted molar refractivity (Wildman–Crippen MR) is 96.5 cm³/mol. The van der Waals surface area contributed by atoms with E-state index in [2.05, 4.69) is 10.9 Å². The van der Waals surface area contributed by atoms with E-state index in [1.807, 2.05) is 0 Å². The summed E-state index contributed by atoms with van der Waals surface area (Å²) in [5.41, 5.74) is 1.08. The number of thiazole rings is 1. The average Bonchev–Trinajstić information content (AvgIpc) is 3.15. The minimum Gasteiger partial charge on any atom is -0.465 e. The first kappa shape index (κ1) is 18.5. The minimum atomic E-state index is -0.621. The van der Waals surface area contributed by atoms with Gasteiger partial charge < -0.3 is 9.30 Å². The molecule has 138 valence electrons. The van der Waals surface area contributed by atoms with Crippen molar-refractivity contribution in [2.75, 3.05) is 13.7 Å². The molecule has 1 saturated heterocycles. The van der Waals surface area contributed by atoms with Crippen LogP contribution >= 0.6 is 11.3 Å². The Hall–Kier alpha value is -3.25. The van der Waals surface area contributed by atoms with E-state index in [9.17, 15) is 19.2 Å². The van der Waals surface area contributed by atoms with Crippen LogP contribution in [-0.4, -0.2) is 46.8 Å². The molecule has 1 aliphatic rings. The Kier molecular flexibility index (Phi) is 5.19. The molecule has 9 heteroatoms. The molecular weight excluding hydrogens is 370 g/mol. The summed E-state index contributed by atoms with van der Waals surface area (Å²) in [7, 11) is 1.29. The fourth-order valence-electron chi connectivity index (χ4n) is 2.72. The number of ether oxygens (including phenoxy) is 1. The molecule has 0 radical (unpaired) electrons. The lowest BCUT2D eigenvalue weighted by molar-refractivity contribution is -0.141. The number of amides is 3. The van der Waals surface area contributed by atoms with E-state index in [0.29, 0.717) is 20.6 Å². The van der Waals surface area contributed by atoms with Crippen LogP contribution in [0, 0.1) is 12.3 Å². The van der Waals surface area contributed by atoms with Crippen molar-refractivity contribution < 1.29 is 23.9 Å². The highest BCUT2D eigenvalue weighted by Crippen LogP contribution is 2.20. The van der Waals surface area contributed by atoms with E-state index in [1.54, 1.807) is 22.8 Å². The lowest BCUT2D eigenvalue weighted by Crippen LogP contribution is -2.34. The number of carbonyl (C=O) groups is 4. The van der Waals surface area contributed by atoms with E-state index in [-0.39, 0.29) is 31.2 Å². The summed E-state index contributed by atoms with van der Waals surface area (Å²) in [6.45, 7) is -0.222. The highest BCUT2D eigenvalue weighted by atomic mass is 32.1. The normalized spacial score (nSPS) is 14.7. The van der Waals surface area contributed by atoms with E-state index < -0.39 is 18.4 Å². The van der Waals surface area contributed by atoms with Crippen molar-refractivity contribution in [3.8, 4) is 12.3 Å². The maximum atomic E-state index is 12.3. The monoisotopic (exact) mass is 385 g/mol. The fourth-order valence-corrected chi connectivity index (χ4v) is 3.81. The first-order valence-electron chi connectivity index (χ1n) is 8.00. The Morgan fingerprint density at radius 2 is 2.00 bits per heavy atom. The molecule has 1 aromatic heterocycles. The predicted octanol–water partition coefficient (Wildman–Crippen LogP) is 0.699. The van der Waals surface area contributed by atoms with Gasteiger partial charge in [0.15, 0.2) is 4.80 Å². The molecule has 1 aromatic carbocycles. The number of hydrogen-bond acceptors (Lipinski definition) is 6. The van der Waals surface area contributed by atoms with Gasteiger partial charge in [0.05, 0.1) is 29.4 Å². The smallest absolute Gasteiger partial charge is 0.337 e. The molecule has 2 heterocycles. The molecule has 0 aliphatic carbocycles. The minimum absolute atomic E-state index is 0.113. The van der Waals surface area contributed by atoms with Crippen molar-refractivity contribution >= 4 is 45.2 Å². The fraction of sp³-hybridized carbons (Fsp3) is 0.278. The maximum absolute atomic E-state index is 12.3. The maximum Gasteiger partial charge on any atom is 0.337 e. The quantitative estimate of drug-likeness (QED) is 0.438. The van der Waals surface area contributed by atoms with Gasteiger partial charge in [0.1, 0.15) is 6.54 Å². The van der Waals surface area contributed by atoms with E-state index in [0.717, 1.165) is 4.90 Å². The number of aromatic nitrogens is 1. The first-order chi connectivity index (χ1) is 12.9. The molecule has 0 N–H and O–H groups in total. The number of carbonyl (C=O) groups excluding carboxylic acids is 4. The SMILES string of the molecule is C#CCn1c(=NC(=O)CN2C(=O)CCC2=O)sc2cc(C(=O)OC)ccc21. The van der Waals surface area contributed by atoms with Crippen LogP contribution in [0.3, 0.4) is 0 Å². The van der Waals surface area contributed by atoms with Gasteiger partial charge in [-0.15, -0.1) is 6.42 Å². The summed E-state index contributed by atoms with van der Waals surface area (Å²) >= 11 is 1.18.